The highest BCUT2D eigenvalue weighted by atomic mass is 79.9. The topological polar surface area (TPSA) is 100 Å². The fraction of sp³-hybridized carbons (Fsp3) is 0.115. The van der Waals surface area contributed by atoms with E-state index >= 15 is 0 Å². The van der Waals surface area contributed by atoms with E-state index in [0.29, 0.717) is 48.8 Å². The summed E-state index contributed by atoms with van der Waals surface area (Å²) in [7, 11) is 0. The van der Waals surface area contributed by atoms with Crippen LogP contribution in [0.5, 0.6) is 11.5 Å². The predicted octanol–water partition coefficient (Wildman–Crippen LogP) is 7.37. The third kappa shape index (κ3) is 8.14. The van der Waals surface area contributed by atoms with Crippen LogP contribution >= 0.6 is 50.7 Å². The lowest BCUT2D eigenvalue weighted by molar-refractivity contribution is -0.118. The zero-order valence-electron chi connectivity index (χ0n) is 19.3. The van der Waals surface area contributed by atoms with Crippen LogP contribution in [0.1, 0.15) is 12.5 Å². The number of nitriles is 1. The first-order valence-corrected chi connectivity index (χ1v) is 12.7. The fourth-order valence-electron chi connectivity index (χ4n) is 3.03. The Morgan fingerprint density at radius 2 is 1.68 bits per heavy atom. The molecule has 0 aromatic heterocycles. The van der Waals surface area contributed by atoms with E-state index in [1.807, 2.05) is 6.07 Å². The second-order valence-electron chi connectivity index (χ2n) is 7.36. The number of amides is 2. The summed E-state index contributed by atoms with van der Waals surface area (Å²) in [5, 5.41) is 16.1. The summed E-state index contributed by atoms with van der Waals surface area (Å²) >= 11 is 21.2. The molecule has 0 spiro atoms. The van der Waals surface area contributed by atoms with Crippen molar-refractivity contribution in [3.63, 3.8) is 0 Å². The van der Waals surface area contributed by atoms with Crippen LogP contribution in [-0.2, 0) is 9.59 Å². The molecule has 0 atom stereocenters. The van der Waals surface area contributed by atoms with Crippen molar-refractivity contribution in [2.45, 2.75) is 6.92 Å². The third-order valence-corrected chi connectivity index (χ3v) is 6.24. The molecule has 0 bridgehead atoms. The van der Waals surface area contributed by atoms with Crippen molar-refractivity contribution in [1.29, 1.82) is 5.26 Å². The highest BCUT2D eigenvalue weighted by Gasteiger charge is 2.16. The van der Waals surface area contributed by atoms with Gasteiger partial charge in [-0.25, -0.2) is 0 Å². The van der Waals surface area contributed by atoms with Crippen LogP contribution in [0.15, 0.2) is 64.6 Å². The van der Waals surface area contributed by atoms with E-state index in [0.717, 1.165) is 0 Å². The van der Waals surface area contributed by atoms with E-state index in [9.17, 15) is 14.9 Å². The summed E-state index contributed by atoms with van der Waals surface area (Å²) in [5.41, 5.74) is 1.34. The second-order valence-corrected chi connectivity index (χ2v) is 9.46. The van der Waals surface area contributed by atoms with Crippen LogP contribution in [0.2, 0.25) is 15.1 Å². The first kappa shape index (κ1) is 28.4. The molecule has 11 heteroatoms. The smallest absolute Gasteiger partial charge is 0.266 e. The number of ether oxygens (including phenoxy) is 2. The Balaban J connectivity index is 1.76. The maximum atomic E-state index is 12.6. The molecule has 7 nitrogen and oxygen atoms in total. The van der Waals surface area contributed by atoms with Crippen molar-refractivity contribution in [3.8, 4) is 17.6 Å². The van der Waals surface area contributed by atoms with Gasteiger partial charge in [0.15, 0.2) is 18.1 Å². The van der Waals surface area contributed by atoms with Crippen molar-refractivity contribution in [2.75, 3.05) is 23.8 Å². The first-order chi connectivity index (χ1) is 17.7. The summed E-state index contributed by atoms with van der Waals surface area (Å²) in [5.74, 6) is -0.408. The van der Waals surface area contributed by atoms with Gasteiger partial charge < -0.3 is 20.1 Å². The lowest BCUT2D eigenvalue weighted by Gasteiger charge is -2.15. The molecule has 37 heavy (non-hydrogen) atoms. The van der Waals surface area contributed by atoms with Crippen LogP contribution in [0.3, 0.4) is 0 Å². The van der Waals surface area contributed by atoms with Crippen molar-refractivity contribution in [1.82, 2.24) is 0 Å². The normalized spacial score (nSPS) is 10.9. The lowest BCUT2D eigenvalue weighted by atomic mass is 10.1. The Morgan fingerprint density at radius 1 is 0.973 bits per heavy atom. The van der Waals surface area contributed by atoms with Gasteiger partial charge in [-0.2, -0.15) is 5.26 Å². The Kier molecular flexibility index (Phi) is 10.2. The summed E-state index contributed by atoms with van der Waals surface area (Å²) in [6.45, 7) is 1.78. The van der Waals surface area contributed by atoms with E-state index in [1.165, 1.54) is 12.1 Å². The first-order valence-electron chi connectivity index (χ1n) is 10.7. The number of carbonyl (C=O) groups is 2. The van der Waals surface area contributed by atoms with Crippen molar-refractivity contribution < 1.29 is 19.1 Å². The number of anilines is 2. The van der Waals surface area contributed by atoms with E-state index in [4.69, 9.17) is 44.3 Å². The molecule has 3 aromatic rings. The maximum Gasteiger partial charge on any atom is 0.266 e. The molecule has 2 amide bonds. The number of halogens is 4. The minimum atomic E-state index is -0.585. The van der Waals surface area contributed by atoms with Gasteiger partial charge in [0, 0.05) is 16.4 Å². The van der Waals surface area contributed by atoms with Gasteiger partial charge >= 0.3 is 0 Å². The quantitative estimate of drug-likeness (QED) is 0.192. The Labute approximate surface area is 237 Å². The molecule has 0 aliphatic carbocycles. The zero-order valence-corrected chi connectivity index (χ0v) is 23.1. The standard InChI is InChI=1S/C26H19BrCl3N3O4/c1-2-36-23-11-15(9-16(13-31)26(35)33-18-5-3-17(28)4-6-18)10-20(27)25(23)37-14-24(34)32-19-7-8-21(29)22(30)12-19/h3-12H,2,14H2,1H3,(H,32,34)(H,33,35)/b16-9-. The van der Waals surface area contributed by atoms with Crippen LogP contribution in [0.4, 0.5) is 11.4 Å². The van der Waals surface area contributed by atoms with E-state index in [2.05, 4.69) is 26.6 Å². The molecule has 3 aromatic carbocycles. The Hall–Kier alpha value is -3.22. The Morgan fingerprint density at radius 3 is 2.32 bits per heavy atom. The number of hydrogen-bond donors (Lipinski definition) is 2. The molecule has 190 valence electrons. The largest absolute Gasteiger partial charge is 0.490 e. The van der Waals surface area contributed by atoms with Crippen molar-refractivity contribution >= 4 is 80.0 Å². The van der Waals surface area contributed by atoms with E-state index < -0.39 is 11.8 Å². The summed E-state index contributed by atoms with van der Waals surface area (Å²) in [6, 6.07) is 16.4. The number of nitrogens with zero attached hydrogens (tertiary/aromatic N) is 1. The summed E-state index contributed by atoms with van der Waals surface area (Å²) in [6.07, 6.45) is 1.42. The van der Waals surface area contributed by atoms with E-state index in [1.54, 1.807) is 55.5 Å². The van der Waals surface area contributed by atoms with Crippen molar-refractivity contribution in [3.05, 3.63) is 85.3 Å². The highest BCUT2D eigenvalue weighted by Crippen LogP contribution is 2.37. The van der Waals surface area contributed by atoms with Crippen molar-refractivity contribution in [2.24, 2.45) is 0 Å². The van der Waals surface area contributed by atoms with Crippen LogP contribution in [-0.4, -0.2) is 25.0 Å². The molecular formula is C26H19BrCl3N3O4. The van der Waals surface area contributed by atoms with Gasteiger partial charge in [0.05, 0.1) is 21.1 Å². The molecule has 0 aliphatic rings. The number of hydrogen-bond acceptors (Lipinski definition) is 5. The molecule has 2 N–H and O–H groups in total. The monoisotopic (exact) mass is 621 g/mol. The molecular weight excluding hydrogens is 605 g/mol. The molecule has 0 saturated carbocycles. The molecule has 0 radical (unpaired) electrons. The number of nitrogens with one attached hydrogen (secondary N) is 2. The molecule has 3 rings (SSSR count). The third-order valence-electron chi connectivity index (χ3n) is 4.66. The molecule has 0 aliphatic heterocycles. The van der Waals surface area contributed by atoms with Gasteiger partial charge in [0.1, 0.15) is 11.6 Å². The minimum absolute atomic E-state index is 0.126. The van der Waals surface area contributed by atoms with Gasteiger partial charge in [0.2, 0.25) is 0 Å². The lowest BCUT2D eigenvalue weighted by Crippen LogP contribution is -2.20. The molecule has 0 unspecified atom stereocenters. The van der Waals surface area contributed by atoms with Gasteiger partial charge in [-0.15, -0.1) is 0 Å². The number of rotatable bonds is 9. The average molecular weight is 624 g/mol. The Bertz CT molecular complexity index is 1390. The molecule has 0 fully saturated rings. The SMILES string of the molecule is CCOc1cc(/C=C(/C#N)C(=O)Nc2ccc(Cl)cc2)cc(Br)c1OCC(=O)Nc1ccc(Cl)c(Cl)c1. The maximum absolute atomic E-state index is 12.6. The van der Waals surface area contributed by atoms with Gasteiger partial charge in [-0.05, 0) is 89.1 Å². The number of carbonyl (C=O) groups excluding carboxylic acids is 2. The predicted molar refractivity (Wildman–Crippen MR) is 150 cm³/mol. The minimum Gasteiger partial charge on any atom is -0.490 e. The van der Waals surface area contributed by atoms with Gasteiger partial charge in [0.25, 0.3) is 11.8 Å². The van der Waals surface area contributed by atoms with Crippen LogP contribution < -0.4 is 20.1 Å². The summed E-state index contributed by atoms with van der Waals surface area (Å²) < 4.78 is 11.8. The van der Waals surface area contributed by atoms with Crippen LogP contribution in [0, 0.1) is 11.3 Å². The second kappa shape index (κ2) is 13.4. The van der Waals surface area contributed by atoms with E-state index in [-0.39, 0.29) is 17.9 Å². The number of benzene rings is 3. The summed E-state index contributed by atoms with van der Waals surface area (Å²) in [4.78, 5) is 25.0. The molecule has 0 heterocycles. The average Bonchev–Trinajstić information content (AvgIpc) is 2.85. The highest BCUT2D eigenvalue weighted by molar-refractivity contribution is 9.10. The fourth-order valence-corrected chi connectivity index (χ4v) is 4.03. The van der Waals surface area contributed by atoms with Gasteiger partial charge in [-0.3, -0.25) is 9.59 Å². The van der Waals surface area contributed by atoms with Gasteiger partial charge in [-0.1, -0.05) is 34.8 Å². The van der Waals surface area contributed by atoms with Crippen LogP contribution in [0.25, 0.3) is 6.08 Å². The molecule has 0 saturated heterocycles. The zero-order chi connectivity index (χ0) is 26.9.